The minimum absolute atomic E-state index is 0.0748. The van der Waals surface area contributed by atoms with Gasteiger partial charge in [0.2, 0.25) is 5.91 Å². The van der Waals surface area contributed by atoms with Crippen molar-refractivity contribution in [3.05, 3.63) is 36.5 Å². The number of unbranched alkanes of at least 4 members (excludes halogenated alkanes) is 28. The molecular formula is C50H94NO8P. The Labute approximate surface area is 369 Å². The highest BCUT2D eigenvalue weighted by Crippen LogP contribution is 2.42. The van der Waals surface area contributed by atoms with E-state index in [-0.39, 0.29) is 32.1 Å². The van der Waals surface area contributed by atoms with Crippen molar-refractivity contribution in [3.8, 4) is 0 Å². The second-order valence-electron chi connectivity index (χ2n) is 16.8. The number of carbonyl (C=O) groups excluding carboxylic acids is 2. The van der Waals surface area contributed by atoms with Crippen LogP contribution in [0.5, 0.6) is 0 Å². The summed E-state index contributed by atoms with van der Waals surface area (Å²) in [6, 6.07) is 0. The number of allylic oxidation sites excluding steroid dienone is 6. The Morgan fingerprint density at radius 1 is 0.517 bits per heavy atom. The molecule has 10 heteroatoms. The Balaban J connectivity index is 3.55. The smallest absolute Gasteiger partial charge is 0.463 e. The summed E-state index contributed by atoms with van der Waals surface area (Å²) in [6.07, 6.45) is 53.7. The molecule has 0 aromatic carbocycles. The van der Waals surface area contributed by atoms with Gasteiger partial charge in [-0.3, -0.25) is 18.6 Å². The number of nitrogens with one attached hydrogen (secondary N) is 1. The highest BCUT2D eigenvalue weighted by molar-refractivity contribution is 7.47. The van der Waals surface area contributed by atoms with Crippen molar-refractivity contribution in [2.45, 2.75) is 245 Å². The van der Waals surface area contributed by atoms with E-state index in [1.54, 1.807) is 0 Å². The van der Waals surface area contributed by atoms with E-state index in [0.29, 0.717) is 6.42 Å². The van der Waals surface area contributed by atoms with Crippen molar-refractivity contribution in [1.82, 2.24) is 5.32 Å². The molecule has 0 saturated carbocycles. The van der Waals surface area contributed by atoms with Crippen LogP contribution >= 0.6 is 7.82 Å². The summed E-state index contributed by atoms with van der Waals surface area (Å²) in [5.41, 5.74) is 0. The molecule has 0 aliphatic heterocycles. The average molecular weight is 868 g/mol. The van der Waals surface area contributed by atoms with E-state index in [1.807, 2.05) is 0 Å². The molecule has 3 N–H and O–H groups in total. The number of phosphoric ester groups is 1. The second-order valence-corrected chi connectivity index (χ2v) is 18.2. The van der Waals surface area contributed by atoms with E-state index in [1.165, 1.54) is 148 Å². The maximum absolute atomic E-state index is 12.1. The fourth-order valence-corrected chi connectivity index (χ4v) is 7.75. The standard InChI is InChI=1S/C50H94NO8P/c1-3-5-7-9-11-13-15-17-19-21-22-23-24-25-26-27-29-31-33-35-37-39-41-43-50(54)57-46-48(52)47-59-60(55,56)58-45-44-51-49(53)42-40-38-36-34-32-30-28-20-18-16-14-12-10-8-6-4-2/h14,16-17,19-20,28,48,52H,3-13,15,18,21-27,29-47H2,1-2H3,(H,51,53)(H,55,56)/b16-14-,19-17+,28-20-. The Morgan fingerprint density at radius 2 is 0.900 bits per heavy atom. The summed E-state index contributed by atoms with van der Waals surface area (Å²) in [7, 11) is -4.42. The number of aliphatic hydroxyl groups is 1. The number of phosphoric acid groups is 1. The Bertz CT molecular complexity index is 1080. The minimum Gasteiger partial charge on any atom is -0.463 e. The van der Waals surface area contributed by atoms with Gasteiger partial charge in [0.1, 0.15) is 12.7 Å². The van der Waals surface area contributed by atoms with Gasteiger partial charge in [0.05, 0.1) is 13.2 Å². The molecule has 9 nitrogen and oxygen atoms in total. The number of ether oxygens (including phenoxy) is 1. The molecule has 0 spiro atoms. The van der Waals surface area contributed by atoms with Crippen molar-refractivity contribution in [3.63, 3.8) is 0 Å². The zero-order valence-electron chi connectivity index (χ0n) is 38.9. The van der Waals surface area contributed by atoms with Gasteiger partial charge in [-0.1, -0.05) is 192 Å². The van der Waals surface area contributed by atoms with Crippen LogP contribution in [0.1, 0.15) is 239 Å². The molecule has 0 aliphatic carbocycles. The fourth-order valence-electron chi connectivity index (χ4n) is 6.99. The van der Waals surface area contributed by atoms with Gasteiger partial charge in [-0.15, -0.1) is 0 Å². The van der Waals surface area contributed by atoms with Crippen molar-refractivity contribution in [2.75, 3.05) is 26.4 Å². The first-order valence-corrected chi connectivity index (χ1v) is 26.5. The molecule has 0 heterocycles. The first-order valence-electron chi connectivity index (χ1n) is 25.0. The van der Waals surface area contributed by atoms with Crippen LogP contribution in [0.15, 0.2) is 36.5 Å². The highest BCUT2D eigenvalue weighted by atomic mass is 31.2. The summed E-state index contributed by atoms with van der Waals surface area (Å²) in [5, 5.41) is 12.7. The number of rotatable bonds is 47. The number of amides is 1. The SMILES string of the molecule is CCCCCC/C=C\C/C=C\CCCCCCCC(=O)NCCOP(=O)(O)OCC(O)COC(=O)CCCCCCCCCCCCCCC/C=C/CCCCCCCC. The average Bonchev–Trinajstić information content (AvgIpc) is 3.23. The number of esters is 1. The van der Waals surface area contributed by atoms with Crippen LogP contribution in [0, 0.1) is 0 Å². The van der Waals surface area contributed by atoms with Crippen LogP contribution in [0.3, 0.4) is 0 Å². The van der Waals surface area contributed by atoms with Crippen LogP contribution in [-0.4, -0.2) is 54.3 Å². The fraction of sp³-hybridized carbons (Fsp3) is 0.840. The molecule has 0 aliphatic rings. The minimum atomic E-state index is -4.42. The molecule has 0 rings (SSSR count). The first kappa shape index (κ1) is 58.2. The van der Waals surface area contributed by atoms with Gasteiger partial charge in [0.15, 0.2) is 0 Å². The van der Waals surface area contributed by atoms with Gasteiger partial charge in [-0.25, -0.2) is 4.57 Å². The third kappa shape index (κ3) is 47.3. The third-order valence-corrected chi connectivity index (χ3v) is 11.8. The van der Waals surface area contributed by atoms with Gasteiger partial charge in [-0.05, 0) is 70.6 Å². The van der Waals surface area contributed by atoms with Crippen LogP contribution in [0.25, 0.3) is 0 Å². The van der Waals surface area contributed by atoms with Crippen molar-refractivity contribution < 1.29 is 37.9 Å². The molecule has 0 bridgehead atoms. The molecule has 2 unspecified atom stereocenters. The molecule has 60 heavy (non-hydrogen) atoms. The monoisotopic (exact) mass is 868 g/mol. The largest absolute Gasteiger partial charge is 0.472 e. The molecule has 0 fully saturated rings. The van der Waals surface area contributed by atoms with E-state index in [2.05, 4.69) is 55.6 Å². The molecule has 2 atom stereocenters. The summed E-state index contributed by atoms with van der Waals surface area (Å²) < 4.78 is 27.0. The lowest BCUT2D eigenvalue weighted by atomic mass is 10.0. The first-order chi connectivity index (χ1) is 29.3. The number of aliphatic hydroxyl groups excluding tert-OH is 1. The van der Waals surface area contributed by atoms with E-state index in [0.717, 1.165) is 64.2 Å². The van der Waals surface area contributed by atoms with E-state index in [9.17, 15) is 24.2 Å². The predicted octanol–water partition coefficient (Wildman–Crippen LogP) is 14.5. The zero-order chi connectivity index (χ0) is 43.9. The summed E-state index contributed by atoms with van der Waals surface area (Å²) in [6.45, 7) is 3.54. The van der Waals surface area contributed by atoms with Crippen LogP contribution in [-0.2, 0) is 27.9 Å². The number of hydrogen-bond donors (Lipinski definition) is 3. The van der Waals surface area contributed by atoms with Crippen LogP contribution in [0.2, 0.25) is 0 Å². The van der Waals surface area contributed by atoms with Gasteiger partial charge in [0.25, 0.3) is 0 Å². The van der Waals surface area contributed by atoms with Crippen molar-refractivity contribution >= 4 is 19.7 Å². The highest BCUT2D eigenvalue weighted by Gasteiger charge is 2.23. The molecule has 0 aromatic rings. The molecular weight excluding hydrogens is 774 g/mol. The quantitative estimate of drug-likeness (QED) is 0.0238. The van der Waals surface area contributed by atoms with E-state index < -0.39 is 26.5 Å². The maximum atomic E-state index is 12.1. The van der Waals surface area contributed by atoms with E-state index in [4.69, 9.17) is 13.8 Å². The maximum Gasteiger partial charge on any atom is 0.472 e. The van der Waals surface area contributed by atoms with Crippen LogP contribution < -0.4 is 5.32 Å². The molecule has 0 radical (unpaired) electrons. The van der Waals surface area contributed by atoms with Crippen molar-refractivity contribution in [2.24, 2.45) is 0 Å². The third-order valence-electron chi connectivity index (χ3n) is 10.8. The summed E-state index contributed by atoms with van der Waals surface area (Å²) >= 11 is 0. The molecule has 0 saturated heterocycles. The van der Waals surface area contributed by atoms with E-state index >= 15 is 0 Å². The van der Waals surface area contributed by atoms with Gasteiger partial charge >= 0.3 is 13.8 Å². The Morgan fingerprint density at radius 3 is 1.37 bits per heavy atom. The van der Waals surface area contributed by atoms with Gasteiger partial charge < -0.3 is 20.1 Å². The molecule has 0 aromatic heterocycles. The molecule has 352 valence electrons. The number of carbonyl (C=O) groups is 2. The lowest BCUT2D eigenvalue weighted by molar-refractivity contribution is -0.147. The Kier molecular flexibility index (Phi) is 45.3. The second kappa shape index (κ2) is 46.7. The van der Waals surface area contributed by atoms with Crippen molar-refractivity contribution in [1.29, 1.82) is 0 Å². The van der Waals surface area contributed by atoms with Crippen LogP contribution in [0.4, 0.5) is 0 Å². The Hall–Kier alpha value is -1.77. The predicted molar refractivity (Wildman–Crippen MR) is 252 cm³/mol. The lowest BCUT2D eigenvalue weighted by Gasteiger charge is -2.15. The summed E-state index contributed by atoms with van der Waals surface area (Å²) in [4.78, 5) is 34.0. The zero-order valence-corrected chi connectivity index (χ0v) is 39.8. The normalized spacial score (nSPS) is 13.5. The molecule has 1 amide bonds. The summed E-state index contributed by atoms with van der Waals surface area (Å²) in [5.74, 6) is -0.524. The van der Waals surface area contributed by atoms with Gasteiger partial charge in [0, 0.05) is 19.4 Å². The lowest BCUT2D eigenvalue weighted by Crippen LogP contribution is -2.27. The van der Waals surface area contributed by atoms with Gasteiger partial charge in [-0.2, -0.15) is 0 Å². The number of hydrogen-bond acceptors (Lipinski definition) is 7. The topological polar surface area (TPSA) is 131 Å².